The number of aryl methyl sites for hydroxylation is 4. The van der Waals surface area contributed by atoms with E-state index in [9.17, 15) is 24.6 Å². The van der Waals surface area contributed by atoms with E-state index < -0.39 is 17.9 Å². The van der Waals surface area contributed by atoms with Crippen LogP contribution in [-0.2, 0) is 45.0 Å². The number of aliphatic hydroxyl groups excluding tert-OH is 1. The normalized spacial score (nSPS) is 13.5. The lowest BCUT2D eigenvalue weighted by molar-refractivity contribution is -0.140. The SMILES string of the molecule is CCC(=O)O.CCc1c(C)c2cc3[nH]c(cc4nc(c(CC(=O)OC)c(C)nc(/C(C)=C/C(=O)O)cc1[nH]2)CC4C)c(C)c3CO. The van der Waals surface area contributed by atoms with Gasteiger partial charge in [-0.3, -0.25) is 19.6 Å². The number of carbonyl (C=O) groups is 3. The van der Waals surface area contributed by atoms with Gasteiger partial charge in [0.15, 0.2) is 0 Å². The summed E-state index contributed by atoms with van der Waals surface area (Å²) >= 11 is 0. The van der Waals surface area contributed by atoms with Gasteiger partial charge in [-0.25, -0.2) is 4.79 Å². The van der Waals surface area contributed by atoms with Gasteiger partial charge in [0.2, 0.25) is 0 Å². The molecule has 0 spiro atoms. The van der Waals surface area contributed by atoms with Gasteiger partial charge in [-0.05, 0) is 81.0 Å². The molecule has 0 radical (unpaired) electrons. The number of carboxylic acids is 2. The quantitative estimate of drug-likeness (QED) is 0.154. The highest BCUT2D eigenvalue weighted by atomic mass is 16.5. The van der Waals surface area contributed by atoms with Gasteiger partial charge >= 0.3 is 17.9 Å². The van der Waals surface area contributed by atoms with Gasteiger partial charge in [0.05, 0.1) is 25.8 Å². The van der Waals surface area contributed by atoms with Crippen LogP contribution in [0.25, 0.3) is 27.6 Å². The molecule has 0 aromatic carbocycles. The molecule has 1 aliphatic rings. The number of carbonyl (C=O) groups excluding carboxylic acids is 1. The summed E-state index contributed by atoms with van der Waals surface area (Å²) in [5.41, 5.74) is 11.0. The number of hydrogen-bond donors (Lipinski definition) is 5. The number of fused-ring (bicyclic) bond motifs is 6. The van der Waals surface area contributed by atoms with Crippen molar-refractivity contribution >= 4 is 45.5 Å². The molecule has 1 unspecified atom stereocenters. The van der Waals surface area contributed by atoms with Gasteiger partial charge in [-0.15, -0.1) is 0 Å². The van der Waals surface area contributed by atoms with E-state index in [1.165, 1.54) is 7.11 Å². The Kier molecular flexibility index (Phi) is 12.0. The number of allylic oxidation sites excluding steroid dienone is 1. The van der Waals surface area contributed by atoms with Crippen LogP contribution in [0.1, 0.15) is 90.6 Å². The van der Waals surface area contributed by atoms with E-state index in [0.29, 0.717) is 28.9 Å². The van der Waals surface area contributed by atoms with Crippen LogP contribution in [0.4, 0.5) is 0 Å². The Morgan fingerprint density at radius 2 is 1.52 bits per heavy atom. The first kappa shape index (κ1) is 35.7. The lowest BCUT2D eigenvalue weighted by atomic mass is 10.0. The van der Waals surface area contributed by atoms with Crippen molar-refractivity contribution in [1.82, 2.24) is 19.9 Å². The van der Waals surface area contributed by atoms with E-state index in [2.05, 4.69) is 23.8 Å². The van der Waals surface area contributed by atoms with E-state index >= 15 is 0 Å². The summed E-state index contributed by atoms with van der Waals surface area (Å²) in [6.07, 6.45) is 2.68. The van der Waals surface area contributed by atoms with Crippen LogP contribution in [0.5, 0.6) is 0 Å². The first-order valence-corrected chi connectivity index (χ1v) is 15.3. The third-order valence-electron chi connectivity index (χ3n) is 8.21. The minimum atomic E-state index is -1.08. The van der Waals surface area contributed by atoms with Crippen molar-refractivity contribution in [1.29, 1.82) is 0 Å². The molecule has 1 aliphatic heterocycles. The van der Waals surface area contributed by atoms with E-state index in [4.69, 9.17) is 19.8 Å². The van der Waals surface area contributed by atoms with E-state index in [0.717, 1.165) is 68.2 Å². The molecule has 11 heteroatoms. The van der Waals surface area contributed by atoms with Crippen molar-refractivity contribution in [2.75, 3.05) is 7.11 Å². The van der Waals surface area contributed by atoms with Crippen molar-refractivity contribution in [3.63, 3.8) is 0 Å². The fraction of sp³-hybridized carbons (Fsp3) is 0.400. The number of rotatable bonds is 7. The molecule has 4 rings (SSSR count). The predicted octanol–water partition coefficient (Wildman–Crippen LogP) is 6.01. The van der Waals surface area contributed by atoms with Crippen LogP contribution in [0.3, 0.4) is 0 Å². The average Bonchev–Trinajstić information content (AvgIpc) is 3.61. The first-order chi connectivity index (χ1) is 21.7. The van der Waals surface area contributed by atoms with Crippen LogP contribution >= 0.6 is 0 Å². The molecule has 3 aromatic heterocycles. The Bertz CT molecular complexity index is 1830. The Morgan fingerprint density at radius 3 is 2.07 bits per heavy atom. The second kappa shape index (κ2) is 15.5. The lowest BCUT2D eigenvalue weighted by Crippen LogP contribution is -2.09. The Morgan fingerprint density at radius 1 is 0.935 bits per heavy atom. The Labute approximate surface area is 268 Å². The van der Waals surface area contributed by atoms with Gasteiger partial charge < -0.3 is 30.0 Å². The van der Waals surface area contributed by atoms with E-state index in [1.807, 2.05) is 39.0 Å². The van der Waals surface area contributed by atoms with Crippen LogP contribution in [0, 0.1) is 20.8 Å². The zero-order valence-corrected chi connectivity index (χ0v) is 27.8. The second-order valence-electron chi connectivity index (χ2n) is 11.4. The molecular weight excluding hydrogens is 588 g/mol. The molecule has 5 N–H and O–H groups in total. The third-order valence-corrected chi connectivity index (χ3v) is 8.21. The maximum atomic E-state index is 12.5. The molecule has 0 aliphatic carbocycles. The molecule has 246 valence electrons. The van der Waals surface area contributed by atoms with Crippen molar-refractivity contribution < 1.29 is 34.4 Å². The fourth-order valence-corrected chi connectivity index (χ4v) is 5.45. The molecule has 6 bridgehead atoms. The monoisotopic (exact) mass is 632 g/mol. The fourth-order valence-electron chi connectivity index (χ4n) is 5.45. The van der Waals surface area contributed by atoms with Crippen molar-refractivity contribution in [3.8, 4) is 0 Å². The number of carboxylic acid groups (broad SMARTS) is 2. The summed E-state index contributed by atoms with van der Waals surface area (Å²) in [6, 6.07) is 5.86. The third kappa shape index (κ3) is 8.28. The number of esters is 1. The number of aromatic amines is 2. The van der Waals surface area contributed by atoms with Gasteiger partial charge in [0.25, 0.3) is 0 Å². The minimum Gasteiger partial charge on any atom is -0.481 e. The van der Waals surface area contributed by atoms with Crippen molar-refractivity contribution in [2.24, 2.45) is 0 Å². The predicted molar refractivity (Wildman–Crippen MR) is 178 cm³/mol. The van der Waals surface area contributed by atoms with Crippen molar-refractivity contribution in [3.05, 3.63) is 74.9 Å². The van der Waals surface area contributed by atoms with E-state index in [-0.39, 0.29) is 25.4 Å². The highest BCUT2D eigenvalue weighted by Gasteiger charge is 2.22. The molecule has 0 saturated carbocycles. The number of nitrogens with zero attached hydrogens (tertiary/aromatic N) is 2. The topological polar surface area (TPSA) is 178 Å². The molecular formula is C35H44N4O7. The van der Waals surface area contributed by atoms with E-state index in [1.54, 1.807) is 13.8 Å². The number of aliphatic carboxylic acids is 2. The molecule has 11 nitrogen and oxygen atoms in total. The summed E-state index contributed by atoms with van der Waals surface area (Å²) in [6.45, 7) is 13.2. The number of hydrogen-bond acceptors (Lipinski definition) is 7. The minimum absolute atomic E-state index is 0.0130. The number of aromatic nitrogens is 4. The number of aliphatic hydroxyl groups is 1. The highest BCUT2D eigenvalue weighted by molar-refractivity contribution is 5.89. The second-order valence-corrected chi connectivity index (χ2v) is 11.4. The Hall–Kier alpha value is -4.77. The highest BCUT2D eigenvalue weighted by Crippen LogP contribution is 2.30. The number of methoxy groups -OCH3 is 1. The zero-order chi connectivity index (χ0) is 34.3. The maximum Gasteiger partial charge on any atom is 0.328 e. The summed E-state index contributed by atoms with van der Waals surface area (Å²) in [4.78, 5) is 50.3. The molecule has 4 heterocycles. The van der Waals surface area contributed by atoms with Gasteiger partial charge in [0, 0.05) is 68.7 Å². The molecule has 46 heavy (non-hydrogen) atoms. The first-order valence-electron chi connectivity index (χ1n) is 15.3. The van der Waals surface area contributed by atoms with Crippen molar-refractivity contribution in [2.45, 2.75) is 86.7 Å². The summed E-state index contributed by atoms with van der Waals surface area (Å²) in [5, 5.41) is 27.5. The van der Waals surface area contributed by atoms with Crippen LogP contribution in [-0.4, -0.2) is 60.3 Å². The number of H-pyrrole nitrogens is 2. The molecule has 3 aromatic rings. The summed E-state index contributed by atoms with van der Waals surface area (Å²) in [7, 11) is 1.35. The molecule has 1 atom stereocenters. The zero-order valence-electron chi connectivity index (χ0n) is 27.8. The largest absolute Gasteiger partial charge is 0.481 e. The number of ether oxygens (including phenoxy) is 1. The van der Waals surface area contributed by atoms with Crippen LogP contribution < -0.4 is 0 Å². The summed E-state index contributed by atoms with van der Waals surface area (Å²) in [5.74, 6) is -2.15. The average molecular weight is 633 g/mol. The molecule has 0 fully saturated rings. The van der Waals surface area contributed by atoms with Gasteiger partial charge in [-0.2, -0.15) is 0 Å². The Balaban J connectivity index is 0.00000107. The summed E-state index contributed by atoms with van der Waals surface area (Å²) < 4.78 is 5.00. The molecule has 0 amide bonds. The van der Waals surface area contributed by atoms with Crippen LogP contribution in [0.15, 0.2) is 24.3 Å². The van der Waals surface area contributed by atoms with Gasteiger partial charge in [-0.1, -0.05) is 20.8 Å². The maximum absolute atomic E-state index is 12.5. The van der Waals surface area contributed by atoms with Gasteiger partial charge in [0.1, 0.15) is 0 Å². The van der Waals surface area contributed by atoms with Crippen LogP contribution in [0.2, 0.25) is 0 Å². The lowest BCUT2D eigenvalue weighted by Gasteiger charge is -2.07. The standard InChI is InChI=1S/C32H38N4O5.C3H6O2/c1-8-21-18(4)27-14-30-23(15-37)19(5)26(36-30)12-25-16(2)9-28(34-25)22(11-32(40)41-7)20(6)33-24(13-29(21)35-27)17(3)10-31(38)39;1-2-3(4)5/h10,12-14,16,35-37H,8-9,11,15H2,1-7H3,(H,38,39);2H2,1H3,(H,4,5)/b17-10+,22-20?,24-13?,25-12?,26-12?,27-14?,28-22?,29-13?,30-14?,33-20?,33-24?;. The number of nitrogens with one attached hydrogen (secondary N) is 2. The smallest absolute Gasteiger partial charge is 0.328 e. The molecule has 0 saturated heterocycles.